The van der Waals surface area contributed by atoms with Gasteiger partial charge in [-0.1, -0.05) is 0 Å². The molecule has 1 aliphatic heterocycles. The van der Waals surface area contributed by atoms with Crippen LogP contribution >= 0.6 is 11.3 Å². The summed E-state index contributed by atoms with van der Waals surface area (Å²) in [4.78, 5) is 13.7. The van der Waals surface area contributed by atoms with Crippen molar-refractivity contribution in [2.75, 3.05) is 20.2 Å². The van der Waals surface area contributed by atoms with E-state index < -0.39 is 10.0 Å². The Balaban J connectivity index is 2.26. The number of esters is 1. The molecule has 0 bridgehead atoms. The molecular weight excluding hydrogens is 298 g/mol. The zero-order valence-corrected chi connectivity index (χ0v) is 13.5. The molecule has 1 unspecified atom stereocenters. The highest BCUT2D eigenvalue weighted by Crippen LogP contribution is 2.30. The van der Waals surface area contributed by atoms with Crippen LogP contribution in [0.4, 0.5) is 0 Å². The molecule has 0 N–H and O–H groups in total. The zero-order chi connectivity index (χ0) is 14.9. The topological polar surface area (TPSA) is 63.7 Å². The molecule has 1 fully saturated rings. The Morgan fingerprint density at radius 3 is 2.70 bits per heavy atom. The first-order valence-electron chi connectivity index (χ1n) is 6.51. The predicted molar refractivity (Wildman–Crippen MR) is 77.3 cm³/mol. The molecule has 0 radical (unpaired) electrons. The monoisotopic (exact) mass is 317 g/mol. The van der Waals surface area contributed by atoms with E-state index in [1.165, 1.54) is 22.8 Å². The Labute approximate surface area is 123 Å². The highest BCUT2D eigenvalue weighted by atomic mass is 32.2. The van der Waals surface area contributed by atoms with Gasteiger partial charge in [0, 0.05) is 22.8 Å². The second kappa shape index (κ2) is 5.83. The summed E-state index contributed by atoms with van der Waals surface area (Å²) in [5.41, 5.74) is 0. The van der Waals surface area contributed by atoms with Gasteiger partial charge in [0.25, 0.3) is 0 Å². The number of ether oxygens (including phenoxy) is 1. The predicted octanol–water partition coefficient (Wildman–Crippen LogP) is 1.94. The molecule has 1 aromatic heterocycles. The second-order valence-corrected chi connectivity index (χ2v) is 8.37. The van der Waals surface area contributed by atoms with Gasteiger partial charge < -0.3 is 4.74 Å². The smallest absolute Gasteiger partial charge is 0.309 e. The van der Waals surface area contributed by atoms with Crippen molar-refractivity contribution in [1.29, 1.82) is 0 Å². The van der Waals surface area contributed by atoms with Gasteiger partial charge in [0.1, 0.15) is 0 Å². The van der Waals surface area contributed by atoms with Gasteiger partial charge in [-0.2, -0.15) is 4.31 Å². The van der Waals surface area contributed by atoms with Crippen molar-refractivity contribution in [2.24, 2.45) is 5.92 Å². The number of hydrogen-bond acceptors (Lipinski definition) is 5. The number of aryl methyl sites for hydroxylation is 2. The normalized spacial score (nSPS) is 20.9. The molecule has 1 saturated heterocycles. The maximum atomic E-state index is 12.7. The molecule has 20 heavy (non-hydrogen) atoms. The van der Waals surface area contributed by atoms with Crippen molar-refractivity contribution < 1.29 is 17.9 Å². The quantitative estimate of drug-likeness (QED) is 0.799. The number of sulfonamides is 1. The van der Waals surface area contributed by atoms with Gasteiger partial charge in [0.15, 0.2) is 0 Å². The fraction of sp³-hybridized carbons (Fsp3) is 0.615. The second-order valence-electron chi connectivity index (χ2n) is 5.00. The Kier molecular flexibility index (Phi) is 4.51. The van der Waals surface area contributed by atoms with Crippen LogP contribution in [0.15, 0.2) is 11.0 Å². The minimum atomic E-state index is -3.51. The van der Waals surface area contributed by atoms with Gasteiger partial charge in [-0.15, -0.1) is 11.3 Å². The number of hydrogen-bond donors (Lipinski definition) is 0. The third kappa shape index (κ3) is 2.89. The minimum absolute atomic E-state index is 0.212. The fourth-order valence-corrected chi connectivity index (χ4v) is 5.57. The lowest BCUT2D eigenvalue weighted by Gasteiger charge is -2.30. The van der Waals surface area contributed by atoms with Crippen LogP contribution in [0.5, 0.6) is 0 Å². The van der Waals surface area contributed by atoms with Crippen LogP contribution in [0.3, 0.4) is 0 Å². The summed E-state index contributed by atoms with van der Waals surface area (Å²) < 4.78 is 31.5. The van der Waals surface area contributed by atoms with Crippen molar-refractivity contribution in [1.82, 2.24) is 4.31 Å². The summed E-state index contributed by atoms with van der Waals surface area (Å²) in [6.45, 7) is 4.38. The first kappa shape index (κ1) is 15.5. The van der Waals surface area contributed by atoms with Gasteiger partial charge >= 0.3 is 5.97 Å². The van der Waals surface area contributed by atoms with Crippen molar-refractivity contribution in [2.45, 2.75) is 31.6 Å². The number of carbonyl (C=O) groups excluding carboxylic acids is 1. The van der Waals surface area contributed by atoms with Gasteiger partial charge in [-0.05, 0) is 32.8 Å². The largest absolute Gasteiger partial charge is 0.469 e. The SMILES string of the molecule is COC(=O)C1CCCN(S(=O)(=O)c2cc(C)sc2C)C1. The van der Waals surface area contributed by atoms with Crippen molar-refractivity contribution in [3.63, 3.8) is 0 Å². The molecule has 1 aromatic rings. The molecule has 0 amide bonds. The molecule has 7 heteroatoms. The molecule has 0 spiro atoms. The minimum Gasteiger partial charge on any atom is -0.469 e. The van der Waals surface area contributed by atoms with Crippen LogP contribution in [0.25, 0.3) is 0 Å². The molecule has 1 atom stereocenters. The van der Waals surface area contributed by atoms with E-state index in [1.54, 1.807) is 6.07 Å². The number of methoxy groups -OCH3 is 1. The number of carbonyl (C=O) groups is 1. The van der Waals surface area contributed by atoms with Crippen LogP contribution in [0.1, 0.15) is 22.6 Å². The van der Waals surface area contributed by atoms with Gasteiger partial charge in [0.05, 0.1) is 17.9 Å². The highest BCUT2D eigenvalue weighted by Gasteiger charge is 2.34. The Morgan fingerprint density at radius 2 is 2.15 bits per heavy atom. The van der Waals surface area contributed by atoms with Crippen LogP contribution in [0.2, 0.25) is 0 Å². The lowest BCUT2D eigenvalue weighted by molar-refractivity contribution is -0.146. The summed E-state index contributed by atoms with van der Waals surface area (Å²) in [7, 11) is -2.18. The molecule has 2 heterocycles. The fourth-order valence-electron chi connectivity index (χ4n) is 2.52. The molecule has 112 valence electrons. The maximum Gasteiger partial charge on any atom is 0.309 e. The van der Waals surface area contributed by atoms with E-state index in [0.717, 1.165) is 9.75 Å². The standard InChI is InChI=1S/C13H19NO4S2/c1-9-7-12(10(2)19-9)20(16,17)14-6-4-5-11(8-14)13(15)18-3/h7,11H,4-6,8H2,1-3H3. The molecule has 1 aliphatic rings. The summed E-state index contributed by atoms with van der Waals surface area (Å²) in [5, 5.41) is 0. The summed E-state index contributed by atoms with van der Waals surface area (Å²) >= 11 is 1.47. The summed E-state index contributed by atoms with van der Waals surface area (Å²) in [6, 6.07) is 1.71. The van der Waals surface area contributed by atoms with E-state index in [2.05, 4.69) is 0 Å². The number of rotatable bonds is 3. The van der Waals surface area contributed by atoms with E-state index in [4.69, 9.17) is 4.74 Å². The third-order valence-electron chi connectivity index (χ3n) is 3.53. The summed E-state index contributed by atoms with van der Waals surface area (Å²) in [6.07, 6.45) is 1.36. The Hall–Kier alpha value is -0.920. The number of piperidine rings is 1. The van der Waals surface area contributed by atoms with Crippen molar-refractivity contribution in [3.05, 3.63) is 15.8 Å². The first-order chi connectivity index (χ1) is 9.36. The van der Waals surface area contributed by atoms with Gasteiger partial charge in [-0.3, -0.25) is 4.79 Å². The number of nitrogens with zero attached hydrogens (tertiary/aromatic N) is 1. The van der Waals surface area contributed by atoms with Crippen LogP contribution in [-0.2, 0) is 19.6 Å². The Bertz CT molecular complexity index is 606. The molecular formula is C13H19NO4S2. The van der Waals surface area contributed by atoms with E-state index in [0.29, 0.717) is 24.3 Å². The lowest BCUT2D eigenvalue weighted by Crippen LogP contribution is -2.42. The molecule has 5 nitrogen and oxygen atoms in total. The van der Waals surface area contributed by atoms with Crippen LogP contribution in [-0.4, -0.2) is 38.9 Å². The average molecular weight is 317 g/mol. The van der Waals surface area contributed by atoms with E-state index in [9.17, 15) is 13.2 Å². The Morgan fingerprint density at radius 1 is 1.45 bits per heavy atom. The summed E-state index contributed by atoms with van der Waals surface area (Å²) in [5.74, 6) is -0.688. The van der Waals surface area contributed by atoms with Crippen LogP contribution in [0, 0.1) is 19.8 Å². The molecule has 0 saturated carbocycles. The molecule has 0 aliphatic carbocycles. The lowest BCUT2D eigenvalue weighted by atomic mass is 10.0. The van der Waals surface area contributed by atoms with Crippen LogP contribution < -0.4 is 0 Å². The molecule has 0 aromatic carbocycles. The van der Waals surface area contributed by atoms with Crippen molar-refractivity contribution >= 4 is 27.3 Å². The maximum absolute atomic E-state index is 12.7. The van der Waals surface area contributed by atoms with Gasteiger partial charge in [-0.25, -0.2) is 8.42 Å². The van der Waals surface area contributed by atoms with E-state index in [1.807, 2.05) is 13.8 Å². The highest BCUT2D eigenvalue weighted by molar-refractivity contribution is 7.89. The zero-order valence-electron chi connectivity index (χ0n) is 11.9. The first-order valence-corrected chi connectivity index (χ1v) is 8.77. The average Bonchev–Trinajstić information content (AvgIpc) is 2.77. The third-order valence-corrected chi connectivity index (χ3v) is 6.62. The van der Waals surface area contributed by atoms with E-state index in [-0.39, 0.29) is 18.4 Å². The number of thiophene rings is 1. The molecule has 2 rings (SSSR count). The van der Waals surface area contributed by atoms with Crippen molar-refractivity contribution in [3.8, 4) is 0 Å². The van der Waals surface area contributed by atoms with E-state index >= 15 is 0 Å². The van der Waals surface area contributed by atoms with Gasteiger partial charge in [0.2, 0.25) is 10.0 Å².